The summed E-state index contributed by atoms with van der Waals surface area (Å²) in [5.74, 6) is 0.270. The summed E-state index contributed by atoms with van der Waals surface area (Å²) in [5.41, 5.74) is 2.67. The van der Waals surface area contributed by atoms with Crippen LogP contribution < -0.4 is 10.6 Å². The molecular formula is C20H22N4O3. The summed E-state index contributed by atoms with van der Waals surface area (Å²) in [6.07, 6.45) is 0. The summed E-state index contributed by atoms with van der Waals surface area (Å²) >= 11 is 0. The second-order valence-corrected chi connectivity index (χ2v) is 6.07. The first-order valence-electron chi connectivity index (χ1n) is 8.68. The Balaban J connectivity index is 1.72. The Morgan fingerprint density at radius 2 is 1.67 bits per heavy atom. The van der Waals surface area contributed by atoms with E-state index in [0.29, 0.717) is 12.4 Å². The van der Waals surface area contributed by atoms with Crippen LogP contribution in [-0.2, 0) is 34.0 Å². The van der Waals surface area contributed by atoms with Crippen LogP contribution in [0.15, 0.2) is 54.6 Å². The van der Waals surface area contributed by atoms with Crippen molar-refractivity contribution in [2.24, 2.45) is 0 Å². The van der Waals surface area contributed by atoms with E-state index >= 15 is 0 Å². The van der Waals surface area contributed by atoms with Crippen molar-refractivity contribution < 1.29 is 14.3 Å². The molecular weight excluding hydrogens is 344 g/mol. The summed E-state index contributed by atoms with van der Waals surface area (Å²) in [4.78, 5) is 28.7. The number of aromatic nitrogens is 2. The first kappa shape index (κ1) is 18.6. The number of nitrogens with one attached hydrogen (secondary N) is 2. The van der Waals surface area contributed by atoms with Crippen molar-refractivity contribution in [2.75, 3.05) is 13.7 Å². The van der Waals surface area contributed by atoms with Gasteiger partial charge in [-0.05, 0) is 17.7 Å². The third kappa shape index (κ3) is 4.92. The average Bonchev–Trinajstić information content (AvgIpc) is 3.03. The van der Waals surface area contributed by atoms with Crippen LogP contribution in [0.5, 0.6) is 0 Å². The topological polar surface area (TPSA) is 85.2 Å². The molecule has 0 aliphatic rings. The van der Waals surface area contributed by atoms with Gasteiger partial charge >= 0.3 is 0 Å². The predicted molar refractivity (Wildman–Crippen MR) is 102 cm³/mol. The Kier molecular flexibility index (Phi) is 6.17. The highest BCUT2D eigenvalue weighted by molar-refractivity contribution is 5.81. The van der Waals surface area contributed by atoms with Gasteiger partial charge in [0.15, 0.2) is 0 Å². The second-order valence-electron chi connectivity index (χ2n) is 6.07. The minimum atomic E-state index is -0.232. The minimum absolute atomic E-state index is 0.0161. The monoisotopic (exact) mass is 366 g/mol. The largest absolute Gasteiger partial charge is 0.375 e. The number of para-hydroxylation sites is 2. The fourth-order valence-corrected chi connectivity index (χ4v) is 2.79. The van der Waals surface area contributed by atoms with Crippen LogP contribution in [0.2, 0.25) is 0 Å². The molecule has 0 saturated carbocycles. The van der Waals surface area contributed by atoms with Gasteiger partial charge in [-0.15, -0.1) is 0 Å². The van der Waals surface area contributed by atoms with E-state index in [4.69, 9.17) is 4.74 Å². The molecule has 2 aromatic carbocycles. The molecule has 0 bridgehead atoms. The quantitative estimate of drug-likeness (QED) is 0.634. The molecule has 140 valence electrons. The van der Waals surface area contributed by atoms with Crippen LogP contribution in [0.1, 0.15) is 11.4 Å². The lowest BCUT2D eigenvalue weighted by atomic mass is 10.2. The van der Waals surface area contributed by atoms with Crippen molar-refractivity contribution in [3.63, 3.8) is 0 Å². The number of fused-ring (bicyclic) bond motifs is 1. The Bertz CT molecular complexity index is 921. The summed E-state index contributed by atoms with van der Waals surface area (Å²) in [6.45, 7) is 0.801. The Morgan fingerprint density at radius 1 is 0.963 bits per heavy atom. The van der Waals surface area contributed by atoms with Crippen molar-refractivity contribution in [3.05, 3.63) is 66.0 Å². The zero-order valence-electron chi connectivity index (χ0n) is 15.1. The Hall–Kier alpha value is -3.19. The number of rotatable bonds is 8. The minimum Gasteiger partial charge on any atom is -0.375 e. The molecule has 3 rings (SSSR count). The summed E-state index contributed by atoms with van der Waals surface area (Å²) in [7, 11) is 1.46. The van der Waals surface area contributed by atoms with Crippen LogP contribution in [0.25, 0.3) is 11.0 Å². The molecule has 0 atom stereocenters. The van der Waals surface area contributed by atoms with Crippen LogP contribution in [-0.4, -0.2) is 35.1 Å². The molecule has 0 aliphatic carbocycles. The number of carbonyl (C=O) groups excluding carboxylic acids is 2. The van der Waals surface area contributed by atoms with E-state index in [1.54, 1.807) is 0 Å². The average molecular weight is 366 g/mol. The van der Waals surface area contributed by atoms with Gasteiger partial charge in [0.25, 0.3) is 0 Å². The van der Waals surface area contributed by atoms with Crippen molar-refractivity contribution in [1.29, 1.82) is 0 Å². The number of hydrogen-bond acceptors (Lipinski definition) is 4. The molecule has 1 heterocycles. The number of imidazole rings is 1. The van der Waals surface area contributed by atoms with Gasteiger partial charge in [0.05, 0.1) is 17.6 Å². The standard InChI is InChI=1S/C20H22N4O3/c1-27-14-20(26)22-12-18-23-16-9-5-6-10-17(16)24(18)13-19(25)21-11-15-7-3-2-4-8-15/h2-10H,11-14H2,1H3,(H,21,25)(H,22,26). The van der Waals surface area contributed by atoms with Crippen molar-refractivity contribution >= 4 is 22.8 Å². The number of methoxy groups -OCH3 is 1. The lowest BCUT2D eigenvalue weighted by Gasteiger charge is -2.11. The third-order valence-corrected chi connectivity index (χ3v) is 4.09. The van der Waals surface area contributed by atoms with Crippen molar-refractivity contribution in [2.45, 2.75) is 19.6 Å². The number of benzene rings is 2. The number of nitrogens with zero attached hydrogens (tertiary/aromatic N) is 2. The predicted octanol–water partition coefficient (Wildman–Crippen LogP) is 1.62. The Labute approximate surface area is 157 Å². The first-order chi connectivity index (χ1) is 13.2. The van der Waals surface area contributed by atoms with E-state index < -0.39 is 0 Å². The molecule has 0 fully saturated rings. The van der Waals surface area contributed by atoms with Gasteiger partial charge in [-0.2, -0.15) is 0 Å². The third-order valence-electron chi connectivity index (χ3n) is 4.09. The molecule has 3 aromatic rings. The molecule has 0 unspecified atom stereocenters. The van der Waals surface area contributed by atoms with Crippen LogP contribution in [0.4, 0.5) is 0 Å². The molecule has 0 spiro atoms. The molecule has 0 saturated heterocycles. The molecule has 2 amide bonds. The van der Waals surface area contributed by atoms with E-state index in [1.165, 1.54) is 7.11 Å². The van der Waals surface area contributed by atoms with E-state index in [1.807, 2.05) is 59.2 Å². The maximum Gasteiger partial charge on any atom is 0.246 e. The molecule has 2 N–H and O–H groups in total. The van der Waals surface area contributed by atoms with Crippen molar-refractivity contribution in [3.8, 4) is 0 Å². The summed E-state index contributed by atoms with van der Waals surface area (Å²) < 4.78 is 6.64. The maximum atomic E-state index is 12.5. The van der Waals surface area contributed by atoms with Gasteiger partial charge in [-0.25, -0.2) is 4.98 Å². The molecule has 0 aliphatic heterocycles. The molecule has 1 aromatic heterocycles. The van der Waals surface area contributed by atoms with Gasteiger partial charge in [-0.3, -0.25) is 9.59 Å². The highest BCUT2D eigenvalue weighted by Crippen LogP contribution is 2.16. The number of amides is 2. The van der Waals surface area contributed by atoms with Crippen LogP contribution in [0, 0.1) is 0 Å². The zero-order chi connectivity index (χ0) is 19.1. The highest BCUT2D eigenvalue weighted by atomic mass is 16.5. The van der Waals surface area contributed by atoms with Gasteiger partial charge in [0.2, 0.25) is 11.8 Å². The Morgan fingerprint density at radius 3 is 2.44 bits per heavy atom. The fourth-order valence-electron chi connectivity index (χ4n) is 2.79. The van der Waals surface area contributed by atoms with Gasteiger partial charge in [-0.1, -0.05) is 42.5 Å². The fraction of sp³-hybridized carbons (Fsp3) is 0.250. The molecule has 7 heteroatoms. The van der Waals surface area contributed by atoms with E-state index in [0.717, 1.165) is 16.6 Å². The van der Waals surface area contributed by atoms with Gasteiger partial charge in [0.1, 0.15) is 19.0 Å². The summed E-state index contributed by atoms with van der Waals surface area (Å²) in [5, 5.41) is 5.67. The van der Waals surface area contributed by atoms with E-state index in [-0.39, 0.29) is 31.5 Å². The van der Waals surface area contributed by atoms with Crippen LogP contribution in [0.3, 0.4) is 0 Å². The smallest absolute Gasteiger partial charge is 0.246 e. The number of ether oxygens (including phenoxy) is 1. The lowest BCUT2D eigenvalue weighted by Crippen LogP contribution is -2.30. The summed E-state index contributed by atoms with van der Waals surface area (Å²) in [6, 6.07) is 17.3. The normalized spacial score (nSPS) is 10.7. The number of hydrogen-bond donors (Lipinski definition) is 2. The second kappa shape index (κ2) is 8.95. The van der Waals surface area contributed by atoms with Gasteiger partial charge < -0.3 is 19.9 Å². The molecule has 7 nitrogen and oxygen atoms in total. The first-order valence-corrected chi connectivity index (χ1v) is 8.68. The van der Waals surface area contributed by atoms with Crippen LogP contribution >= 0.6 is 0 Å². The highest BCUT2D eigenvalue weighted by Gasteiger charge is 2.14. The van der Waals surface area contributed by atoms with E-state index in [9.17, 15) is 9.59 Å². The van der Waals surface area contributed by atoms with Gasteiger partial charge in [0, 0.05) is 13.7 Å². The zero-order valence-corrected chi connectivity index (χ0v) is 15.1. The molecule has 0 radical (unpaired) electrons. The molecule has 27 heavy (non-hydrogen) atoms. The van der Waals surface area contributed by atoms with Crippen molar-refractivity contribution in [1.82, 2.24) is 20.2 Å². The van der Waals surface area contributed by atoms with E-state index in [2.05, 4.69) is 15.6 Å². The SMILES string of the molecule is COCC(=O)NCc1nc2ccccc2n1CC(=O)NCc1ccccc1. The number of carbonyl (C=O) groups is 2. The lowest BCUT2D eigenvalue weighted by molar-refractivity contribution is -0.124. The maximum absolute atomic E-state index is 12.5.